The zero-order valence-electron chi connectivity index (χ0n) is 26.8. The lowest BCUT2D eigenvalue weighted by molar-refractivity contribution is -0.133. The SMILES string of the molecule is COc1cc2ccc1OCCCN(C(=O)[C@@H]1COC(=O)N1)CCCC(=O)N[C@@H](Cc1c[nH]c3ccccc13)C(=O)NCc1nc-2oc1C. The molecule has 4 amide bonds. The van der Waals surface area contributed by atoms with E-state index in [1.807, 2.05) is 30.5 Å². The number of ether oxygens (including phenoxy) is 3. The molecule has 252 valence electrons. The average molecular weight is 659 g/mol. The molecule has 2 aromatic heterocycles. The number of amides is 4. The Balaban J connectivity index is 1.26. The minimum atomic E-state index is -0.880. The molecule has 4 bridgehead atoms. The summed E-state index contributed by atoms with van der Waals surface area (Å²) in [5, 5.41) is 9.32. The molecule has 2 atom stereocenters. The third-order valence-corrected chi connectivity index (χ3v) is 8.43. The summed E-state index contributed by atoms with van der Waals surface area (Å²) in [6.07, 6.45) is 2.32. The van der Waals surface area contributed by atoms with Crippen LogP contribution >= 0.6 is 0 Å². The van der Waals surface area contributed by atoms with Crippen LogP contribution in [0.15, 0.2) is 53.1 Å². The number of hydrogen-bond donors (Lipinski definition) is 4. The maximum atomic E-state index is 13.6. The summed E-state index contributed by atoms with van der Waals surface area (Å²) >= 11 is 0. The Labute approximate surface area is 276 Å². The minimum Gasteiger partial charge on any atom is -0.493 e. The van der Waals surface area contributed by atoms with Crippen molar-refractivity contribution in [2.24, 2.45) is 0 Å². The fourth-order valence-electron chi connectivity index (χ4n) is 5.86. The van der Waals surface area contributed by atoms with E-state index < -0.39 is 18.2 Å². The highest BCUT2D eigenvalue weighted by Gasteiger charge is 2.32. The fraction of sp³-hybridized carbons (Fsp3) is 0.382. The van der Waals surface area contributed by atoms with E-state index in [2.05, 4.69) is 25.9 Å². The van der Waals surface area contributed by atoms with Crippen LogP contribution in [0, 0.1) is 6.92 Å². The summed E-state index contributed by atoms with van der Waals surface area (Å²) in [6.45, 7) is 2.65. The van der Waals surface area contributed by atoms with Gasteiger partial charge in [-0.1, -0.05) is 18.2 Å². The molecule has 3 aliphatic heterocycles. The number of carbonyl (C=O) groups excluding carboxylic acids is 4. The summed E-state index contributed by atoms with van der Waals surface area (Å²) < 4.78 is 22.4. The lowest BCUT2D eigenvalue weighted by Gasteiger charge is -2.25. The molecular weight excluding hydrogens is 620 g/mol. The molecule has 4 aromatic rings. The summed E-state index contributed by atoms with van der Waals surface area (Å²) in [5.74, 6) is 0.879. The molecule has 3 aliphatic rings. The van der Waals surface area contributed by atoms with Crippen molar-refractivity contribution < 1.29 is 37.8 Å². The van der Waals surface area contributed by atoms with Crippen molar-refractivity contribution in [2.45, 2.75) is 51.2 Å². The smallest absolute Gasteiger partial charge is 0.407 e. The van der Waals surface area contributed by atoms with Gasteiger partial charge < -0.3 is 44.5 Å². The third kappa shape index (κ3) is 7.37. The van der Waals surface area contributed by atoms with Crippen LogP contribution in [0.2, 0.25) is 0 Å². The fourth-order valence-corrected chi connectivity index (χ4v) is 5.86. The highest BCUT2D eigenvalue weighted by Crippen LogP contribution is 2.33. The lowest BCUT2D eigenvalue weighted by atomic mass is 10.0. The molecule has 1 fully saturated rings. The van der Waals surface area contributed by atoms with Gasteiger partial charge in [0.2, 0.25) is 23.6 Å². The van der Waals surface area contributed by atoms with E-state index in [1.54, 1.807) is 30.0 Å². The second kappa shape index (κ2) is 14.5. The Hall–Kier alpha value is -5.53. The van der Waals surface area contributed by atoms with Crippen molar-refractivity contribution in [3.63, 3.8) is 0 Å². The number of cyclic esters (lactones) is 1. The first-order chi connectivity index (χ1) is 23.3. The van der Waals surface area contributed by atoms with Crippen molar-refractivity contribution in [1.82, 2.24) is 30.8 Å². The number of methoxy groups -OCH3 is 1. The molecule has 0 unspecified atom stereocenters. The largest absolute Gasteiger partial charge is 0.493 e. The third-order valence-electron chi connectivity index (χ3n) is 8.43. The van der Waals surface area contributed by atoms with E-state index in [1.165, 1.54) is 7.11 Å². The second-order valence-electron chi connectivity index (χ2n) is 11.7. The Morgan fingerprint density at radius 2 is 1.90 bits per heavy atom. The Morgan fingerprint density at radius 1 is 1.06 bits per heavy atom. The van der Waals surface area contributed by atoms with Gasteiger partial charge in [0, 0.05) is 48.6 Å². The minimum absolute atomic E-state index is 0.0647. The number of H-pyrrole nitrogens is 1. The number of nitrogens with one attached hydrogen (secondary N) is 4. The van der Waals surface area contributed by atoms with E-state index in [4.69, 9.17) is 18.6 Å². The van der Waals surface area contributed by atoms with Crippen LogP contribution in [-0.4, -0.2) is 84.2 Å². The maximum Gasteiger partial charge on any atom is 0.407 e. The molecule has 0 saturated carbocycles. The number of alkyl carbamates (subject to hydrolysis) is 1. The van der Waals surface area contributed by atoms with Gasteiger partial charge in [-0.3, -0.25) is 14.4 Å². The average Bonchev–Trinajstić information content (AvgIpc) is 3.82. The molecule has 2 aromatic carbocycles. The standard InChI is InChI=1S/C34H38N6O8/c1-20-26-18-36-31(42)25(15-22-17-35-24-8-4-3-7-23(22)24)37-30(41)9-5-12-40(33(43)27-19-47-34(44)39-27)13-6-14-46-28-11-10-21(16-29(28)45-2)32(38-26)48-20/h3-4,7-8,10-11,16-17,25,27,35H,5-6,9,12-15,18-19H2,1-2H3,(H,36,42)(H,37,41)(H,39,44)/t25-,27-/m0/s1. The lowest BCUT2D eigenvalue weighted by Crippen LogP contribution is -2.48. The number of aromatic nitrogens is 2. The number of para-hydroxylation sites is 1. The molecule has 48 heavy (non-hydrogen) atoms. The highest BCUT2D eigenvalue weighted by atomic mass is 16.6. The Bertz CT molecular complexity index is 1820. The predicted molar refractivity (Wildman–Crippen MR) is 173 cm³/mol. The number of carbonyl (C=O) groups is 4. The zero-order chi connectivity index (χ0) is 33.6. The van der Waals surface area contributed by atoms with Gasteiger partial charge in [0.25, 0.3) is 0 Å². The number of aromatic amines is 1. The van der Waals surface area contributed by atoms with Crippen LogP contribution in [0.4, 0.5) is 4.79 Å². The second-order valence-corrected chi connectivity index (χ2v) is 11.7. The van der Waals surface area contributed by atoms with Crippen molar-refractivity contribution in [1.29, 1.82) is 0 Å². The summed E-state index contributed by atoms with van der Waals surface area (Å²) in [4.78, 5) is 61.3. The normalized spacial score (nSPS) is 19.5. The molecule has 5 heterocycles. The van der Waals surface area contributed by atoms with Crippen LogP contribution in [0.3, 0.4) is 0 Å². The predicted octanol–water partition coefficient (Wildman–Crippen LogP) is 2.98. The molecular formula is C34H38N6O8. The molecule has 0 radical (unpaired) electrons. The molecule has 14 heteroatoms. The van der Waals surface area contributed by atoms with Gasteiger partial charge in [-0.05, 0) is 49.6 Å². The summed E-state index contributed by atoms with van der Waals surface area (Å²) in [7, 11) is 1.54. The first-order valence-electron chi connectivity index (χ1n) is 15.9. The van der Waals surface area contributed by atoms with Crippen LogP contribution in [0.25, 0.3) is 22.4 Å². The van der Waals surface area contributed by atoms with Crippen LogP contribution in [-0.2, 0) is 32.1 Å². The van der Waals surface area contributed by atoms with Crippen LogP contribution < -0.4 is 25.4 Å². The molecule has 1 saturated heterocycles. The van der Waals surface area contributed by atoms with E-state index in [9.17, 15) is 19.2 Å². The first kappa shape index (κ1) is 32.4. The van der Waals surface area contributed by atoms with E-state index in [0.717, 1.165) is 16.5 Å². The molecule has 0 spiro atoms. The van der Waals surface area contributed by atoms with Gasteiger partial charge >= 0.3 is 6.09 Å². The number of fused-ring (bicyclic) bond motifs is 16. The van der Waals surface area contributed by atoms with Gasteiger partial charge in [-0.15, -0.1) is 0 Å². The summed E-state index contributed by atoms with van der Waals surface area (Å²) in [6, 6.07) is 11.4. The number of nitrogens with zero attached hydrogens (tertiary/aromatic N) is 2. The number of oxazole rings is 1. The highest BCUT2D eigenvalue weighted by molar-refractivity contribution is 5.90. The van der Waals surface area contributed by atoms with Gasteiger partial charge in [0.05, 0.1) is 20.3 Å². The summed E-state index contributed by atoms with van der Waals surface area (Å²) in [5.41, 5.74) is 3.02. The monoisotopic (exact) mass is 658 g/mol. The molecule has 7 rings (SSSR count). The number of rotatable bonds is 4. The van der Waals surface area contributed by atoms with Gasteiger partial charge in [-0.25, -0.2) is 9.78 Å². The van der Waals surface area contributed by atoms with E-state index >= 15 is 0 Å². The van der Waals surface area contributed by atoms with Gasteiger partial charge in [0.1, 0.15) is 30.1 Å². The van der Waals surface area contributed by atoms with Crippen LogP contribution in [0.5, 0.6) is 11.5 Å². The van der Waals surface area contributed by atoms with E-state index in [-0.39, 0.29) is 56.9 Å². The van der Waals surface area contributed by atoms with Crippen molar-refractivity contribution in [3.05, 3.63) is 65.7 Å². The van der Waals surface area contributed by atoms with Crippen molar-refractivity contribution >= 4 is 34.7 Å². The maximum absolute atomic E-state index is 13.6. The van der Waals surface area contributed by atoms with Gasteiger partial charge in [0.15, 0.2) is 11.5 Å². The quantitative estimate of drug-likeness (QED) is 0.257. The number of hydrogen-bond acceptors (Lipinski definition) is 9. The molecule has 14 nitrogen and oxygen atoms in total. The van der Waals surface area contributed by atoms with Crippen molar-refractivity contribution in [3.8, 4) is 23.0 Å². The van der Waals surface area contributed by atoms with E-state index in [0.29, 0.717) is 53.8 Å². The number of aryl methyl sites for hydroxylation is 1. The van der Waals surface area contributed by atoms with Gasteiger partial charge in [-0.2, -0.15) is 0 Å². The van der Waals surface area contributed by atoms with Crippen LogP contribution in [0.1, 0.15) is 36.3 Å². The Morgan fingerprint density at radius 3 is 2.71 bits per heavy atom. The Kier molecular flexibility index (Phi) is 9.78. The molecule has 0 aliphatic carbocycles. The zero-order valence-corrected chi connectivity index (χ0v) is 26.8. The topological polar surface area (TPSA) is 177 Å². The van der Waals surface area contributed by atoms with Crippen molar-refractivity contribution in [2.75, 3.05) is 33.4 Å². The number of benzene rings is 2. The molecule has 4 N–H and O–H groups in total. The first-order valence-corrected chi connectivity index (χ1v) is 15.9.